The zero-order valence-corrected chi connectivity index (χ0v) is 15.5. The van der Waals surface area contributed by atoms with Gasteiger partial charge in [-0.15, -0.1) is 0 Å². The lowest BCUT2D eigenvalue weighted by molar-refractivity contribution is -0.128. The van der Waals surface area contributed by atoms with Crippen LogP contribution in [0.4, 0.5) is 11.6 Å². The maximum Gasteiger partial charge on any atom is 0.270 e. The molecule has 1 aromatic heterocycles. The number of hydrogen-bond acceptors (Lipinski definition) is 7. The molecule has 27 heavy (non-hydrogen) atoms. The van der Waals surface area contributed by atoms with Gasteiger partial charge in [-0.2, -0.15) is 0 Å². The van der Waals surface area contributed by atoms with E-state index in [1.807, 2.05) is 25.1 Å². The third-order valence-corrected chi connectivity index (χ3v) is 4.83. The third kappa shape index (κ3) is 3.80. The number of nitrogens with one attached hydrogen (secondary N) is 1. The Labute approximate surface area is 158 Å². The molecule has 2 atom stereocenters. The van der Waals surface area contributed by atoms with Gasteiger partial charge in [0, 0.05) is 32.2 Å². The lowest BCUT2D eigenvalue weighted by atomic mass is 10.1. The lowest BCUT2D eigenvalue weighted by Crippen LogP contribution is -2.46. The molecule has 0 saturated carbocycles. The number of carbonyl (C=O) groups excluding carboxylic acids is 1. The summed E-state index contributed by atoms with van der Waals surface area (Å²) in [4.78, 5) is 25.7. The first-order valence-electron chi connectivity index (χ1n) is 9.09. The fraction of sp³-hybridized carbons (Fsp3) is 0.421. The van der Waals surface area contributed by atoms with Crippen molar-refractivity contribution in [1.82, 2.24) is 14.9 Å². The molecule has 1 N–H and O–H groups in total. The second kappa shape index (κ2) is 7.40. The van der Waals surface area contributed by atoms with E-state index in [0.717, 1.165) is 32.0 Å². The number of amides is 1. The first-order valence-corrected chi connectivity index (χ1v) is 9.09. The van der Waals surface area contributed by atoms with E-state index in [-0.39, 0.29) is 5.91 Å². The first kappa shape index (κ1) is 17.5. The molecule has 142 valence electrons. The second-order valence-corrected chi connectivity index (χ2v) is 6.85. The molecule has 8 heteroatoms. The topological polar surface area (TPSA) is 79.8 Å². The molecule has 0 radical (unpaired) electrons. The normalized spacial score (nSPS) is 22.4. The summed E-state index contributed by atoms with van der Waals surface area (Å²) in [6, 6.07) is 9.13. The van der Waals surface area contributed by atoms with Crippen molar-refractivity contribution in [3.05, 3.63) is 36.7 Å². The third-order valence-electron chi connectivity index (χ3n) is 4.83. The Balaban J connectivity index is 1.45. The Morgan fingerprint density at radius 2 is 1.81 bits per heavy atom. The zero-order valence-electron chi connectivity index (χ0n) is 15.5. The van der Waals surface area contributed by atoms with Crippen LogP contribution >= 0.6 is 0 Å². The van der Waals surface area contributed by atoms with E-state index in [9.17, 15) is 4.79 Å². The van der Waals surface area contributed by atoms with Gasteiger partial charge in [0.1, 0.15) is 24.1 Å². The summed E-state index contributed by atoms with van der Waals surface area (Å²) in [5.74, 6) is 2.19. The number of nitrogens with zero attached hydrogens (tertiary/aromatic N) is 4. The van der Waals surface area contributed by atoms with Crippen molar-refractivity contribution in [2.24, 2.45) is 0 Å². The van der Waals surface area contributed by atoms with E-state index < -0.39 is 12.2 Å². The van der Waals surface area contributed by atoms with Gasteiger partial charge in [0.25, 0.3) is 5.91 Å². The number of likely N-dealkylation sites (N-methyl/N-ethyl adjacent to an activating group) is 1. The van der Waals surface area contributed by atoms with Crippen LogP contribution in [0.3, 0.4) is 0 Å². The fourth-order valence-corrected chi connectivity index (χ4v) is 3.23. The summed E-state index contributed by atoms with van der Waals surface area (Å²) in [5.41, 5.74) is 0. The van der Waals surface area contributed by atoms with Crippen LogP contribution in [0.5, 0.6) is 11.5 Å². The molecule has 0 spiro atoms. The average Bonchev–Trinajstić information content (AvgIpc) is 2.68. The van der Waals surface area contributed by atoms with Crippen molar-refractivity contribution in [3.63, 3.8) is 0 Å². The van der Waals surface area contributed by atoms with Crippen LogP contribution in [-0.2, 0) is 4.79 Å². The number of ether oxygens (including phenoxy) is 2. The van der Waals surface area contributed by atoms with Gasteiger partial charge in [0.2, 0.25) is 6.10 Å². The summed E-state index contributed by atoms with van der Waals surface area (Å²) >= 11 is 0. The van der Waals surface area contributed by atoms with E-state index in [2.05, 4.69) is 32.1 Å². The quantitative estimate of drug-likeness (QED) is 0.876. The maximum atomic E-state index is 12.7. The summed E-state index contributed by atoms with van der Waals surface area (Å²) in [6.45, 7) is 5.57. The minimum atomic E-state index is -0.748. The predicted molar refractivity (Wildman–Crippen MR) is 101 cm³/mol. The monoisotopic (exact) mass is 369 g/mol. The zero-order chi connectivity index (χ0) is 18.8. The first-order chi connectivity index (χ1) is 13.1. The van der Waals surface area contributed by atoms with Crippen molar-refractivity contribution in [1.29, 1.82) is 0 Å². The lowest BCUT2D eigenvalue weighted by Gasteiger charge is -2.33. The van der Waals surface area contributed by atoms with E-state index >= 15 is 0 Å². The number of piperazine rings is 1. The number of para-hydroxylation sites is 2. The molecule has 4 rings (SSSR count). The number of carbonyl (C=O) groups is 1. The maximum absolute atomic E-state index is 12.7. The van der Waals surface area contributed by atoms with Gasteiger partial charge in [0.15, 0.2) is 11.5 Å². The molecule has 0 bridgehead atoms. The van der Waals surface area contributed by atoms with Gasteiger partial charge in [-0.1, -0.05) is 12.1 Å². The summed E-state index contributed by atoms with van der Waals surface area (Å²) < 4.78 is 11.6. The van der Waals surface area contributed by atoms with Crippen LogP contribution in [0.25, 0.3) is 0 Å². The number of fused-ring (bicyclic) bond motifs is 1. The van der Waals surface area contributed by atoms with Crippen molar-refractivity contribution in [2.75, 3.05) is 43.4 Å². The minimum absolute atomic E-state index is 0.292. The van der Waals surface area contributed by atoms with E-state index in [0.29, 0.717) is 17.3 Å². The Hall–Kier alpha value is -2.87. The predicted octanol–water partition coefficient (Wildman–Crippen LogP) is 1.40. The van der Waals surface area contributed by atoms with Crippen molar-refractivity contribution < 1.29 is 14.3 Å². The highest BCUT2D eigenvalue weighted by molar-refractivity contribution is 5.94. The van der Waals surface area contributed by atoms with E-state index in [1.165, 1.54) is 6.33 Å². The number of rotatable bonds is 3. The SMILES string of the molecule is CC1Oc2ccccc2OC1C(=O)Nc1cc(N2CCN(C)CC2)ncn1. The van der Waals surface area contributed by atoms with Crippen molar-refractivity contribution >= 4 is 17.5 Å². The number of benzene rings is 1. The Morgan fingerprint density at radius 1 is 1.11 bits per heavy atom. The number of aromatic nitrogens is 2. The standard InChI is InChI=1S/C19H23N5O3/c1-13-18(27-15-6-4-3-5-14(15)26-13)19(25)22-16-11-17(21-12-20-16)24-9-7-23(2)8-10-24/h3-6,11-13,18H,7-10H2,1-2H3,(H,20,21,22,25). The summed E-state index contributed by atoms with van der Waals surface area (Å²) in [6.07, 6.45) is 0.320. The number of anilines is 2. The second-order valence-electron chi connectivity index (χ2n) is 6.85. The van der Waals surface area contributed by atoms with Crippen LogP contribution in [-0.4, -0.2) is 66.2 Å². The van der Waals surface area contributed by atoms with Gasteiger partial charge in [-0.05, 0) is 26.1 Å². The Morgan fingerprint density at radius 3 is 2.56 bits per heavy atom. The van der Waals surface area contributed by atoms with Gasteiger partial charge in [0.05, 0.1) is 0 Å². The minimum Gasteiger partial charge on any atom is -0.482 e. The molecule has 1 saturated heterocycles. The molecule has 2 aliphatic heterocycles. The molecule has 1 amide bonds. The molecule has 1 aromatic carbocycles. The molecule has 0 aliphatic carbocycles. The van der Waals surface area contributed by atoms with Gasteiger partial charge >= 0.3 is 0 Å². The molecule has 8 nitrogen and oxygen atoms in total. The average molecular weight is 369 g/mol. The van der Waals surface area contributed by atoms with Crippen LogP contribution in [0.1, 0.15) is 6.92 Å². The summed E-state index contributed by atoms with van der Waals surface area (Å²) in [5, 5.41) is 2.83. The molecule has 3 heterocycles. The molecular weight excluding hydrogens is 346 g/mol. The van der Waals surface area contributed by atoms with Crippen LogP contribution in [0.2, 0.25) is 0 Å². The van der Waals surface area contributed by atoms with Crippen LogP contribution in [0.15, 0.2) is 36.7 Å². The van der Waals surface area contributed by atoms with Crippen LogP contribution in [0, 0.1) is 0 Å². The highest BCUT2D eigenvalue weighted by atomic mass is 16.6. The Bertz CT molecular complexity index is 822. The highest BCUT2D eigenvalue weighted by Gasteiger charge is 2.34. The molecular formula is C19H23N5O3. The largest absolute Gasteiger partial charge is 0.482 e. The van der Waals surface area contributed by atoms with Crippen molar-refractivity contribution in [3.8, 4) is 11.5 Å². The smallest absolute Gasteiger partial charge is 0.270 e. The van der Waals surface area contributed by atoms with Gasteiger partial charge in [-0.25, -0.2) is 9.97 Å². The summed E-state index contributed by atoms with van der Waals surface area (Å²) in [7, 11) is 2.11. The molecule has 2 unspecified atom stereocenters. The fourth-order valence-electron chi connectivity index (χ4n) is 3.23. The van der Waals surface area contributed by atoms with E-state index in [4.69, 9.17) is 9.47 Å². The van der Waals surface area contributed by atoms with Gasteiger partial charge < -0.3 is 24.6 Å². The Kier molecular flexibility index (Phi) is 4.81. The number of hydrogen-bond donors (Lipinski definition) is 1. The van der Waals surface area contributed by atoms with Crippen LogP contribution < -0.4 is 19.7 Å². The van der Waals surface area contributed by atoms with Crippen molar-refractivity contribution in [2.45, 2.75) is 19.1 Å². The van der Waals surface area contributed by atoms with Gasteiger partial charge in [-0.3, -0.25) is 4.79 Å². The van der Waals surface area contributed by atoms with E-state index in [1.54, 1.807) is 12.1 Å². The highest BCUT2D eigenvalue weighted by Crippen LogP contribution is 2.33. The molecule has 2 aromatic rings. The molecule has 2 aliphatic rings. The molecule has 1 fully saturated rings.